The second kappa shape index (κ2) is 5.63. The average molecular weight is 196 g/mol. The smallest absolute Gasteiger partial charge is 0.303 e. The molecule has 0 fully saturated rings. The van der Waals surface area contributed by atoms with E-state index < -0.39 is 5.97 Å². The first-order valence-corrected chi connectivity index (χ1v) is 4.88. The van der Waals surface area contributed by atoms with Crippen LogP contribution in [0.2, 0.25) is 0 Å². The van der Waals surface area contributed by atoms with Gasteiger partial charge in [-0.2, -0.15) is 0 Å². The Balaban J connectivity index is 3.99. The van der Waals surface area contributed by atoms with E-state index in [1.165, 1.54) is 0 Å². The lowest BCUT2D eigenvalue weighted by Crippen LogP contribution is -2.16. The molecule has 0 bridgehead atoms. The number of rotatable bonds is 6. The molecule has 0 aromatic heterocycles. The summed E-state index contributed by atoms with van der Waals surface area (Å²) in [6.07, 6.45) is 5.94. The van der Waals surface area contributed by atoms with Gasteiger partial charge in [0.15, 0.2) is 0 Å². The predicted molar refractivity (Wildman–Crippen MR) is 59.2 cm³/mol. The van der Waals surface area contributed by atoms with Crippen molar-refractivity contribution in [3.63, 3.8) is 0 Å². The van der Waals surface area contributed by atoms with Gasteiger partial charge in [0, 0.05) is 0 Å². The van der Waals surface area contributed by atoms with Gasteiger partial charge < -0.3 is 5.11 Å². The molecule has 0 spiro atoms. The highest BCUT2D eigenvalue weighted by Crippen LogP contribution is 2.26. The Labute approximate surface area is 86.3 Å². The maximum atomic E-state index is 10.5. The molecule has 0 aliphatic heterocycles. The quantitative estimate of drug-likeness (QED) is 0.661. The lowest BCUT2D eigenvalue weighted by molar-refractivity contribution is -0.139. The molecule has 0 aromatic carbocycles. The van der Waals surface area contributed by atoms with Gasteiger partial charge in [-0.15, -0.1) is 0 Å². The summed E-state index contributed by atoms with van der Waals surface area (Å²) in [6, 6.07) is 0. The van der Waals surface area contributed by atoms with Crippen molar-refractivity contribution in [3.8, 4) is 0 Å². The molecule has 0 rings (SSSR count). The van der Waals surface area contributed by atoms with E-state index in [9.17, 15) is 4.79 Å². The lowest BCUT2D eigenvalue weighted by Gasteiger charge is -2.21. The fourth-order valence-corrected chi connectivity index (χ4v) is 1.27. The third-order valence-corrected chi connectivity index (χ3v) is 2.24. The molecule has 0 amide bonds. The number of carboxylic acid groups (broad SMARTS) is 1. The van der Waals surface area contributed by atoms with Crippen molar-refractivity contribution in [2.24, 2.45) is 5.41 Å². The van der Waals surface area contributed by atoms with Crippen LogP contribution in [-0.4, -0.2) is 11.1 Å². The van der Waals surface area contributed by atoms with Crippen molar-refractivity contribution in [1.82, 2.24) is 0 Å². The minimum atomic E-state index is -0.723. The molecule has 0 atom stereocenters. The normalized spacial score (nSPS) is 12.6. The summed E-state index contributed by atoms with van der Waals surface area (Å²) in [5, 5.41) is 8.67. The van der Waals surface area contributed by atoms with Crippen molar-refractivity contribution in [3.05, 3.63) is 24.3 Å². The van der Waals surface area contributed by atoms with Gasteiger partial charge in [0.25, 0.3) is 0 Å². The fraction of sp³-hybridized carbons (Fsp3) is 0.583. The number of allylic oxidation sites excluding steroid dienone is 3. The number of carboxylic acids is 1. The fourth-order valence-electron chi connectivity index (χ4n) is 1.27. The van der Waals surface area contributed by atoms with Crippen LogP contribution in [-0.2, 0) is 4.79 Å². The summed E-state index contributed by atoms with van der Waals surface area (Å²) >= 11 is 0. The van der Waals surface area contributed by atoms with Gasteiger partial charge in [0.05, 0.1) is 6.42 Å². The van der Waals surface area contributed by atoms with Gasteiger partial charge >= 0.3 is 5.97 Å². The Kier molecular flexibility index (Phi) is 5.21. The lowest BCUT2D eigenvalue weighted by atomic mass is 9.84. The van der Waals surface area contributed by atoms with Crippen molar-refractivity contribution in [2.75, 3.05) is 0 Å². The van der Waals surface area contributed by atoms with Crippen LogP contribution in [0, 0.1) is 5.41 Å². The number of hydrogen-bond acceptors (Lipinski definition) is 1. The Bertz CT molecular complexity index is 237. The summed E-state index contributed by atoms with van der Waals surface area (Å²) in [6.45, 7) is 9.63. The molecule has 2 heteroatoms. The number of aliphatic carboxylic acids is 1. The maximum absolute atomic E-state index is 10.5. The SMILES string of the molecule is C=C/C(C)=C/CCC(C)(C)CC(=O)O. The summed E-state index contributed by atoms with van der Waals surface area (Å²) in [7, 11) is 0. The van der Waals surface area contributed by atoms with Crippen LogP contribution in [0.5, 0.6) is 0 Å². The molecular formula is C12H20O2. The van der Waals surface area contributed by atoms with E-state index in [1.54, 1.807) is 0 Å². The van der Waals surface area contributed by atoms with E-state index in [-0.39, 0.29) is 11.8 Å². The Hall–Kier alpha value is -1.05. The van der Waals surface area contributed by atoms with Gasteiger partial charge in [-0.3, -0.25) is 4.79 Å². The molecule has 0 aliphatic rings. The zero-order valence-corrected chi connectivity index (χ0v) is 9.34. The van der Waals surface area contributed by atoms with E-state index in [4.69, 9.17) is 5.11 Å². The second-order valence-electron chi connectivity index (χ2n) is 4.43. The molecule has 1 N–H and O–H groups in total. The molecule has 14 heavy (non-hydrogen) atoms. The largest absolute Gasteiger partial charge is 0.481 e. The van der Waals surface area contributed by atoms with Gasteiger partial charge in [-0.25, -0.2) is 0 Å². The molecule has 0 saturated heterocycles. The van der Waals surface area contributed by atoms with Crippen LogP contribution in [0.25, 0.3) is 0 Å². The zero-order chi connectivity index (χ0) is 11.2. The van der Waals surface area contributed by atoms with Crippen molar-refractivity contribution >= 4 is 5.97 Å². The molecule has 0 saturated carbocycles. The zero-order valence-electron chi connectivity index (χ0n) is 9.34. The Morgan fingerprint density at radius 3 is 2.50 bits per heavy atom. The summed E-state index contributed by atoms with van der Waals surface area (Å²) in [4.78, 5) is 10.5. The molecule has 0 heterocycles. The van der Waals surface area contributed by atoms with Crippen LogP contribution in [0.15, 0.2) is 24.3 Å². The van der Waals surface area contributed by atoms with E-state index in [1.807, 2.05) is 26.8 Å². The van der Waals surface area contributed by atoms with Crippen LogP contribution in [0.1, 0.15) is 40.0 Å². The van der Waals surface area contributed by atoms with Gasteiger partial charge in [0.1, 0.15) is 0 Å². The number of hydrogen-bond donors (Lipinski definition) is 1. The van der Waals surface area contributed by atoms with Crippen molar-refractivity contribution < 1.29 is 9.90 Å². The first-order chi connectivity index (χ1) is 6.37. The minimum Gasteiger partial charge on any atom is -0.481 e. The first kappa shape index (κ1) is 12.9. The average Bonchev–Trinajstić information content (AvgIpc) is 2.01. The molecule has 2 nitrogen and oxygen atoms in total. The summed E-state index contributed by atoms with van der Waals surface area (Å²) in [5.41, 5.74) is 1.03. The highest BCUT2D eigenvalue weighted by molar-refractivity contribution is 5.67. The molecule has 0 aromatic rings. The monoisotopic (exact) mass is 196 g/mol. The third kappa shape index (κ3) is 6.46. The van der Waals surface area contributed by atoms with Crippen LogP contribution >= 0.6 is 0 Å². The van der Waals surface area contributed by atoms with Gasteiger partial charge in [-0.1, -0.05) is 38.2 Å². The topological polar surface area (TPSA) is 37.3 Å². The maximum Gasteiger partial charge on any atom is 0.303 e. The third-order valence-electron chi connectivity index (χ3n) is 2.24. The van der Waals surface area contributed by atoms with E-state index >= 15 is 0 Å². The number of carbonyl (C=O) groups is 1. The minimum absolute atomic E-state index is 0.121. The Morgan fingerprint density at radius 2 is 2.07 bits per heavy atom. The van der Waals surface area contributed by atoms with Crippen LogP contribution < -0.4 is 0 Å². The van der Waals surface area contributed by atoms with Gasteiger partial charge in [-0.05, 0) is 25.2 Å². The van der Waals surface area contributed by atoms with Crippen molar-refractivity contribution in [1.29, 1.82) is 0 Å². The van der Waals surface area contributed by atoms with E-state index in [0.717, 1.165) is 18.4 Å². The molecule has 0 unspecified atom stereocenters. The van der Waals surface area contributed by atoms with E-state index in [2.05, 4.69) is 12.7 Å². The standard InChI is InChI=1S/C12H20O2/c1-5-10(2)7-6-8-12(3,4)9-11(13)14/h5,7H,1,6,8-9H2,2-4H3,(H,13,14)/b10-7+. The van der Waals surface area contributed by atoms with E-state index in [0.29, 0.717) is 0 Å². The highest BCUT2D eigenvalue weighted by Gasteiger charge is 2.20. The predicted octanol–water partition coefficient (Wildman–Crippen LogP) is 3.40. The summed E-state index contributed by atoms with van der Waals surface area (Å²) in [5.74, 6) is -0.723. The molecule has 0 aliphatic carbocycles. The summed E-state index contributed by atoms with van der Waals surface area (Å²) < 4.78 is 0. The molecule has 0 radical (unpaired) electrons. The van der Waals surface area contributed by atoms with Crippen LogP contribution in [0.4, 0.5) is 0 Å². The second-order valence-corrected chi connectivity index (χ2v) is 4.43. The first-order valence-electron chi connectivity index (χ1n) is 4.88. The highest BCUT2D eigenvalue weighted by atomic mass is 16.4. The Morgan fingerprint density at radius 1 is 1.50 bits per heavy atom. The van der Waals surface area contributed by atoms with Gasteiger partial charge in [0.2, 0.25) is 0 Å². The van der Waals surface area contributed by atoms with Crippen molar-refractivity contribution in [2.45, 2.75) is 40.0 Å². The molecular weight excluding hydrogens is 176 g/mol. The van der Waals surface area contributed by atoms with Crippen LogP contribution in [0.3, 0.4) is 0 Å². The molecule has 80 valence electrons.